The Morgan fingerprint density at radius 1 is 1.23 bits per heavy atom. The normalized spacial score (nSPS) is 17.5. The van der Waals surface area contributed by atoms with Crippen LogP contribution in [0.1, 0.15) is 20.3 Å². The summed E-state index contributed by atoms with van der Waals surface area (Å²) in [5.41, 5.74) is 0. The number of rotatable bonds is 5. The molecule has 0 aliphatic rings. The monoisotopic (exact) mass is 190 g/mol. The fourth-order valence-corrected chi connectivity index (χ4v) is 1.10. The van der Waals surface area contributed by atoms with Gasteiger partial charge in [0.05, 0.1) is 5.92 Å². The number of hydrogen-bond donors (Lipinski definition) is 3. The predicted octanol–water partition coefficient (Wildman–Crippen LogP) is 0.179. The molecule has 76 valence electrons. The second-order valence-electron chi connectivity index (χ2n) is 3.03. The first-order chi connectivity index (χ1) is 5.91. The van der Waals surface area contributed by atoms with E-state index in [0.717, 1.165) is 0 Å². The lowest BCUT2D eigenvalue weighted by molar-refractivity contribution is -0.161. The smallest absolute Gasteiger partial charge is 0.333 e. The van der Waals surface area contributed by atoms with E-state index in [2.05, 4.69) is 0 Å². The average molecular weight is 190 g/mol. The molecule has 13 heavy (non-hydrogen) atoms. The van der Waals surface area contributed by atoms with E-state index < -0.39 is 24.0 Å². The number of hydrogen-bond acceptors (Lipinski definition) is 3. The first-order valence-corrected chi connectivity index (χ1v) is 4.05. The van der Waals surface area contributed by atoms with Gasteiger partial charge in [-0.1, -0.05) is 20.3 Å². The Bertz CT molecular complexity index is 201. The summed E-state index contributed by atoms with van der Waals surface area (Å²) in [5.74, 6) is -4.36. The van der Waals surface area contributed by atoms with E-state index in [4.69, 9.17) is 15.3 Å². The van der Waals surface area contributed by atoms with Gasteiger partial charge in [-0.2, -0.15) is 0 Å². The van der Waals surface area contributed by atoms with Crippen molar-refractivity contribution < 1.29 is 24.9 Å². The molecule has 3 unspecified atom stereocenters. The van der Waals surface area contributed by atoms with E-state index in [9.17, 15) is 9.59 Å². The van der Waals surface area contributed by atoms with Crippen LogP contribution in [0.15, 0.2) is 0 Å². The van der Waals surface area contributed by atoms with Gasteiger partial charge in [0.2, 0.25) is 0 Å². The lowest BCUT2D eigenvalue weighted by atomic mass is 9.87. The van der Waals surface area contributed by atoms with Crippen molar-refractivity contribution in [3.05, 3.63) is 0 Å². The second-order valence-corrected chi connectivity index (χ2v) is 3.03. The van der Waals surface area contributed by atoms with Gasteiger partial charge in [0, 0.05) is 0 Å². The molecule has 0 radical (unpaired) electrons. The highest BCUT2D eigenvalue weighted by Gasteiger charge is 2.35. The summed E-state index contributed by atoms with van der Waals surface area (Å²) >= 11 is 0. The first kappa shape index (κ1) is 11.9. The Balaban J connectivity index is 4.60. The molecule has 0 saturated heterocycles. The largest absolute Gasteiger partial charge is 0.481 e. The van der Waals surface area contributed by atoms with Gasteiger partial charge in [-0.05, 0) is 5.92 Å². The van der Waals surface area contributed by atoms with E-state index in [0.29, 0.717) is 6.42 Å². The Morgan fingerprint density at radius 3 is 1.92 bits per heavy atom. The number of aliphatic carboxylic acids is 2. The van der Waals surface area contributed by atoms with Crippen molar-refractivity contribution in [2.75, 3.05) is 0 Å². The molecule has 5 nitrogen and oxygen atoms in total. The Labute approximate surface area is 76.0 Å². The van der Waals surface area contributed by atoms with Gasteiger partial charge in [-0.3, -0.25) is 4.79 Å². The number of carbonyl (C=O) groups is 2. The molecule has 0 aliphatic carbocycles. The molecule has 5 heteroatoms. The molecule has 0 fully saturated rings. The zero-order chi connectivity index (χ0) is 10.6. The lowest BCUT2D eigenvalue weighted by Gasteiger charge is -2.20. The first-order valence-electron chi connectivity index (χ1n) is 4.05. The average Bonchev–Trinajstić information content (AvgIpc) is 2.03. The highest BCUT2D eigenvalue weighted by atomic mass is 16.4. The van der Waals surface area contributed by atoms with Crippen LogP contribution in [0, 0.1) is 11.8 Å². The fourth-order valence-electron chi connectivity index (χ4n) is 1.10. The zero-order valence-corrected chi connectivity index (χ0v) is 7.60. The standard InChI is InChI=1S/C8H14O5/c1-3-4(2)5(7(10)11)6(9)8(12)13/h4-6,9H,3H2,1-2H3,(H,10,11)(H,12,13). The van der Waals surface area contributed by atoms with Gasteiger partial charge in [0.1, 0.15) is 0 Å². The van der Waals surface area contributed by atoms with E-state index in [1.54, 1.807) is 13.8 Å². The number of aliphatic hydroxyl groups is 1. The summed E-state index contributed by atoms with van der Waals surface area (Å²) in [6.45, 7) is 3.35. The maximum Gasteiger partial charge on any atom is 0.333 e. The van der Waals surface area contributed by atoms with E-state index in [1.807, 2.05) is 0 Å². The Morgan fingerprint density at radius 2 is 1.69 bits per heavy atom. The van der Waals surface area contributed by atoms with Crippen molar-refractivity contribution in [2.45, 2.75) is 26.4 Å². The van der Waals surface area contributed by atoms with Crippen LogP contribution >= 0.6 is 0 Å². The molecule has 0 aromatic heterocycles. The van der Waals surface area contributed by atoms with Crippen molar-refractivity contribution in [1.29, 1.82) is 0 Å². The maximum atomic E-state index is 10.6. The van der Waals surface area contributed by atoms with Crippen LogP contribution in [-0.2, 0) is 9.59 Å². The summed E-state index contributed by atoms with van der Waals surface area (Å²) in [6, 6.07) is 0. The van der Waals surface area contributed by atoms with Gasteiger partial charge < -0.3 is 15.3 Å². The molecule has 3 atom stereocenters. The number of carboxylic acids is 2. The summed E-state index contributed by atoms with van der Waals surface area (Å²) in [7, 11) is 0. The lowest BCUT2D eigenvalue weighted by Crippen LogP contribution is -2.38. The number of carboxylic acid groups (broad SMARTS) is 2. The molecule has 0 bridgehead atoms. The van der Waals surface area contributed by atoms with Gasteiger partial charge in [0.25, 0.3) is 0 Å². The van der Waals surface area contributed by atoms with E-state index >= 15 is 0 Å². The molecule has 0 amide bonds. The quantitative estimate of drug-likeness (QED) is 0.574. The van der Waals surface area contributed by atoms with Crippen LogP contribution < -0.4 is 0 Å². The van der Waals surface area contributed by atoms with Crippen molar-refractivity contribution in [1.82, 2.24) is 0 Å². The minimum atomic E-state index is -1.83. The van der Waals surface area contributed by atoms with Crippen LogP contribution in [0.5, 0.6) is 0 Å². The Hall–Kier alpha value is -1.10. The molecule has 0 heterocycles. The number of aliphatic hydroxyl groups excluding tert-OH is 1. The van der Waals surface area contributed by atoms with Crippen molar-refractivity contribution >= 4 is 11.9 Å². The Kier molecular flexibility index (Phi) is 4.40. The minimum Gasteiger partial charge on any atom is -0.481 e. The molecule has 0 aliphatic heterocycles. The highest BCUT2D eigenvalue weighted by Crippen LogP contribution is 2.19. The molecule has 0 aromatic rings. The summed E-state index contributed by atoms with van der Waals surface area (Å²) in [4.78, 5) is 21.0. The molecular weight excluding hydrogens is 176 g/mol. The highest BCUT2D eigenvalue weighted by molar-refractivity contribution is 5.81. The van der Waals surface area contributed by atoms with Crippen molar-refractivity contribution in [3.63, 3.8) is 0 Å². The minimum absolute atomic E-state index is 0.358. The molecule has 0 spiro atoms. The summed E-state index contributed by atoms with van der Waals surface area (Å²) in [5, 5.41) is 26.2. The van der Waals surface area contributed by atoms with Gasteiger partial charge in [0.15, 0.2) is 6.10 Å². The van der Waals surface area contributed by atoms with Crippen LogP contribution in [0.25, 0.3) is 0 Å². The predicted molar refractivity (Wildman–Crippen MR) is 44.2 cm³/mol. The summed E-state index contributed by atoms with van der Waals surface area (Å²) in [6.07, 6.45) is -1.31. The third-order valence-electron chi connectivity index (χ3n) is 2.14. The van der Waals surface area contributed by atoms with Gasteiger partial charge in [-0.15, -0.1) is 0 Å². The second kappa shape index (κ2) is 4.81. The molecule has 0 aromatic carbocycles. The molecule has 0 saturated carbocycles. The van der Waals surface area contributed by atoms with E-state index in [1.165, 1.54) is 0 Å². The van der Waals surface area contributed by atoms with Crippen LogP contribution in [0.4, 0.5) is 0 Å². The molecule has 3 N–H and O–H groups in total. The molecular formula is C8H14O5. The van der Waals surface area contributed by atoms with Gasteiger partial charge >= 0.3 is 11.9 Å². The summed E-state index contributed by atoms with van der Waals surface area (Å²) < 4.78 is 0. The fraction of sp³-hybridized carbons (Fsp3) is 0.750. The maximum absolute atomic E-state index is 10.6. The van der Waals surface area contributed by atoms with Crippen molar-refractivity contribution in [2.24, 2.45) is 11.8 Å². The third-order valence-corrected chi connectivity index (χ3v) is 2.14. The zero-order valence-electron chi connectivity index (χ0n) is 7.60. The third kappa shape index (κ3) is 3.02. The van der Waals surface area contributed by atoms with E-state index in [-0.39, 0.29) is 5.92 Å². The van der Waals surface area contributed by atoms with Crippen LogP contribution in [0.2, 0.25) is 0 Å². The van der Waals surface area contributed by atoms with Crippen LogP contribution in [-0.4, -0.2) is 33.4 Å². The van der Waals surface area contributed by atoms with Gasteiger partial charge in [-0.25, -0.2) is 4.79 Å². The SMILES string of the molecule is CCC(C)C(C(=O)O)C(O)C(=O)O. The van der Waals surface area contributed by atoms with Crippen LogP contribution in [0.3, 0.4) is 0 Å². The molecule has 0 rings (SSSR count). The topological polar surface area (TPSA) is 94.8 Å². The van der Waals surface area contributed by atoms with Crippen molar-refractivity contribution in [3.8, 4) is 0 Å².